The van der Waals surface area contributed by atoms with Gasteiger partial charge in [0.15, 0.2) is 0 Å². The highest BCUT2D eigenvalue weighted by atomic mass is 79.9. The third kappa shape index (κ3) is 2.93. The van der Waals surface area contributed by atoms with E-state index in [1.54, 1.807) is 0 Å². The first-order valence-corrected chi connectivity index (χ1v) is 7.06. The first-order valence-electron chi connectivity index (χ1n) is 6.26. The van der Waals surface area contributed by atoms with Crippen LogP contribution in [0.2, 0.25) is 0 Å². The molecule has 5 nitrogen and oxygen atoms in total. The number of nitrogens with two attached hydrogens (primary N) is 1. The molecule has 0 saturated carbocycles. The molecule has 0 bridgehead atoms. The van der Waals surface area contributed by atoms with Crippen molar-refractivity contribution in [1.29, 1.82) is 0 Å². The van der Waals surface area contributed by atoms with Crippen LogP contribution in [0.3, 0.4) is 0 Å². The topological polar surface area (TPSA) is 56.3 Å². The van der Waals surface area contributed by atoms with Crippen molar-refractivity contribution in [2.75, 3.05) is 19.7 Å². The largest absolute Gasteiger partial charge is 0.374 e. The molecule has 1 aliphatic heterocycles. The molecule has 2 unspecified atom stereocenters. The highest BCUT2D eigenvalue weighted by molar-refractivity contribution is 9.10. The monoisotopic (exact) mass is 316 g/mol. The van der Waals surface area contributed by atoms with Gasteiger partial charge in [-0.3, -0.25) is 9.58 Å². The van der Waals surface area contributed by atoms with Gasteiger partial charge in [-0.15, -0.1) is 0 Å². The van der Waals surface area contributed by atoms with Gasteiger partial charge in [-0.05, 0) is 29.8 Å². The Labute approximate surface area is 116 Å². The van der Waals surface area contributed by atoms with Crippen LogP contribution >= 0.6 is 15.9 Å². The molecule has 2 atom stereocenters. The summed E-state index contributed by atoms with van der Waals surface area (Å²) >= 11 is 3.61. The number of morpholine rings is 1. The van der Waals surface area contributed by atoms with Crippen molar-refractivity contribution in [3.8, 4) is 0 Å². The quantitative estimate of drug-likeness (QED) is 0.905. The Morgan fingerprint density at radius 2 is 2.33 bits per heavy atom. The first kappa shape index (κ1) is 14.0. The molecule has 6 heteroatoms. The van der Waals surface area contributed by atoms with E-state index < -0.39 is 0 Å². The molecule has 0 aliphatic carbocycles. The fourth-order valence-corrected chi connectivity index (χ4v) is 2.72. The second-order valence-corrected chi connectivity index (χ2v) is 5.77. The molecular formula is C12H21BrN4O. The number of hydrogen-bond donors (Lipinski definition) is 1. The summed E-state index contributed by atoms with van der Waals surface area (Å²) in [6.07, 6.45) is 0.131. The minimum atomic E-state index is 0.0736. The van der Waals surface area contributed by atoms with Gasteiger partial charge in [-0.2, -0.15) is 5.10 Å². The summed E-state index contributed by atoms with van der Waals surface area (Å²) < 4.78 is 8.72. The number of aryl methyl sites for hydroxylation is 2. The minimum absolute atomic E-state index is 0.0736. The van der Waals surface area contributed by atoms with Gasteiger partial charge in [0.2, 0.25) is 0 Å². The van der Waals surface area contributed by atoms with Crippen molar-refractivity contribution < 1.29 is 4.74 Å². The van der Waals surface area contributed by atoms with Gasteiger partial charge in [0.05, 0.1) is 28.6 Å². The molecule has 2 heterocycles. The van der Waals surface area contributed by atoms with Gasteiger partial charge >= 0.3 is 0 Å². The third-order valence-electron chi connectivity index (χ3n) is 3.40. The van der Waals surface area contributed by atoms with Crippen molar-refractivity contribution in [3.63, 3.8) is 0 Å². The van der Waals surface area contributed by atoms with Gasteiger partial charge in [0.25, 0.3) is 0 Å². The number of halogens is 1. The predicted octanol–water partition coefficient (Wildman–Crippen LogP) is 1.04. The number of aromatic nitrogens is 2. The van der Waals surface area contributed by atoms with Crippen LogP contribution in [-0.4, -0.2) is 46.5 Å². The van der Waals surface area contributed by atoms with Crippen LogP contribution in [0, 0.1) is 6.92 Å². The maximum atomic E-state index is 5.91. The Bertz CT molecular complexity index is 418. The van der Waals surface area contributed by atoms with E-state index in [9.17, 15) is 0 Å². The lowest BCUT2D eigenvalue weighted by atomic mass is 10.1. The zero-order valence-electron chi connectivity index (χ0n) is 11.2. The molecule has 0 aromatic carbocycles. The number of rotatable bonds is 3. The van der Waals surface area contributed by atoms with Gasteiger partial charge in [-0.1, -0.05) is 0 Å². The molecule has 102 valence electrons. The third-order valence-corrected chi connectivity index (χ3v) is 4.43. The van der Waals surface area contributed by atoms with Crippen LogP contribution in [0.5, 0.6) is 0 Å². The molecule has 1 fully saturated rings. The molecular weight excluding hydrogens is 296 g/mol. The zero-order chi connectivity index (χ0) is 13.3. The molecule has 0 spiro atoms. The first-order chi connectivity index (χ1) is 8.49. The standard InChI is InChI=1S/C12H21BrN4O/c1-8(14)11-7-17(4-5-18-11)6-10-12(13)9(2)15-16(10)3/h8,11H,4-7,14H2,1-3H3. The van der Waals surface area contributed by atoms with E-state index in [-0.39, 0.29) is 12.1 Å². The van der Waals surface area contributed by atoms with Gasteiger partial charge in [-0.25, -0.2) is 0 Å². The molecule has 18 heavy (non-hydrogen) atoms. The van der Waals surface area contributed by atoms with Crippen LogP contribution in [-0.2, 0) is 18.3 Å². The fourth-order valence-electron chi connectivity index (χ4n) is 2.26. The Kier molecular flexibility index (Phi) is 4.42. The summed E-state index contributed by atoms with van der Waals surface area (Å²) in [5.41, 5.74) is 8.15. The predicted molar refractivity (Wildman–Crippen MR) is 74.3 cm³/mol. The maximum Gasteiger partial charge on any atom is 0.0850 e. The van der Waals surface area contributed by atoms with Gasteiger partial charge in [0, 0.05) is 32.7 Å². The lowest BCUT2D eigenvalue weighted by Gasteiger charge is -2.34. The lowest BCUT2D eigenvalue weighted by molar-refractivity contribution is -0.0410. The molecule has 1 aliphatic rings. The van der Waals surface area contributed by atoms with E-state index in [4.69, 9.17) is 10.5 Å². The van der Waals surface area contributed by atoms with E-state index in [1.807, 2.05) is 25.6 Å². The summed E-state index contributed by atoms with van der Waals surface area (Å²) in [5.74, 6) is 0. The van der Waals surface area contributed by atoms with Gasteiger partial charge in [0.1, 0.15) is 0 Å². The SMILES string of the molecule is Cc1nn(C)c(CN2CCOC(C(C)N)C2)c1Br. The van der Waals surface area contributed by atoms with E-state index in [2.05, 4.69) is 25.9 Å². The Hall–Kier alpha value is -0.430. The minimum Gasteiger partial charge on any atom is -0.374 e. The lowest BCUT2D eigenvalue weighted by Crippen LogP contribution is -2.49. The highest BCUT2D eigenvalue weighted by Gasteiger charge is 2.24. The fraction of sp³-hybridized carbons (Fsp3) is 0.750. The van der Waals surface area contributed by atoms with Crippen molar-refractivity contribution in [1.82, 2.24) is 14.7 Å². The zero-order valence-corrected chi connectivity index (χ0v) is 12.8. The summed E-state index contributed by atoms with van der Waals surface area (Å²) in [6, 6.07) is 0.0736. The summed E-state index contributed by atoms with van der Waals surface area (Å²) in [5, 5.41) is 4.42. The van der Waals surface area contributed by atoms with E-state index in [1.165, 1.54) is 5.69 Å². The van der Waals surface area contributed by atoms with E-state index in [0.29, 0.717) is 0 Å². The molecule has 2 rings (SSSR count). The number of ether oxygens (including phenoxy) is 1. The molecule has 1 aromatic rings. The van der Waals surface area contributed by atoms with E-state index >= 15 is 0 Å². The highest BCUT2D eigenvalue weighted by Crippen LogP contribution is 2.22. The van der Waals surface area contributed by atoms with Gasteiger partial charge < -0.3 is 10.5 Å². The Morgan fingerprint density at radius 3 is 2.89 bits per heavy atom. The van der Waals surface area contributed by atoms with Crippen molar-refractivity contribution >= 4 is 15.9 Å². The average molecular weight is 317 g/mol. The van der Waals surface area contributed by atoms with Crippen LogP contribution in [0.1, 0.15) is 18.3 Å². The van der Waals surface area contributed by atoms with Crippen molar-refractivity contribution in [3.05, 3.63) is 15.9 Å². The summed E-state index contributed by atoms with van der Waals surface area (Å²) in [4.78, 5) is 2.37. The number of hydrogen-bond acceptors (Lipinski definition) is 4. The number of nitrogens with zero attached hydrogens (tertiary/aromatic N) is 3. The molecule has 2 N–H and O–H groups in total. The van der Waals surface area contributed by atoms with Crippen LogP contribution < -0.4 is 5.73 Å². The molecule has 0 radical (unpaired) electrons. The molecule has 1 aromatic heterocycles. The van der Waals surface area contributed by atoms with E-state index in [0.717, 1.165) is 36.4 Å². The summed E-state index contributed by atoms with van der Waals surface area (Å²) in [6.45, 7) is 7.47. The smallest absolute Gasteiger partial charge is 0.0850 e. The van der Waals surface area contributed by atoms with Crippen molar-refractivity contribution in [2.24, 2.45) is 12.8 Å². The normalized spacial score (nSPS) is 23.3. The Balaban J connectivity index is 2.05. The second-order valence-electron chi connectivity index (χ2n) is 4.97. The van der Waals surface area contributed by atoms with Crippen LogP contribution in [0.15, 0.2) is 4.47 Å². The van der Waals surface area contributed by atoms with Crippen LogP contribution in [0.25, 0.3) is 0 Å². The Morgan fingerprint density at radius 1 is 1.61 bits per heavy atom. The molecule has 1 saturated heterocycles. The summed E-state index contributed by atoms with van der Waals surface area (Å²) in [7, 11) is 1.98. The average Bonchev–Trinajstić information content (AvgIpc) is 2.56. The maximum absolute atomic E-state index is 5.91. The van der Waals surface area contributed by atoms with Crippen molar-refractivity contribution in [2.45, 2.75) is 32.5 Å². The second kappa shape index (κ2) is 5.69. The molecule has 0 amide bonds. The van der Waals surface area contributed by atoms with Crippen LogP contribution in [0.4, 0.5) is 0 Å².